The van der Waals surface area contributed by atoms with Crippen molar-refractivity contribution >= 4 is 0 Å². The predicted molar refractivity (Wildman–Crippen MR) is 81.1 cm³/mol. The Bertz CT molecular complexity index is 580. The number of hydrogen-bond donors (Lipinski definition) is 1. The van der Waals surface area contributed by atoms with Gasteiger partial charge in [-0.2, -0.15) is 0 Å². The maximum absolute atomic E-state index is 13.8. The first-order valence-electron chi connectivity index (χ1n) is 7.25. The Hall–Kier alpha value is -1.81. The van der Waals surface area contributed by atoms with Gasteiger partial charge in [0.2, 0.25) is 0 Å². The Kier molecular flexibility index (Phi) is 5.39. The highest BCUT2D eigenvalue weighted by Gasteiger charge is 2.15. The molecule has 0 fully saturated rings. The van der Waals surface area contributed by atoms with Crippen LogP contribution in [0.2, 0.25) is 0 Å². The van der Waals surface area contributed by atoms with Crippen LogP contribution in [0.15, 0.2) is 34.9 Å². The molecule has 2 rings (SSSR count). The van der Waals surface area contributed by atoms with Gasteiger partial charge in [-0.25, -0.2) is 4.39 Å². The first-order valence-corrected chi connectivity index (χ1v) is 7.25. The summed E-state index contributed by atoms with van der Waals surface area (Å²) in [6, 6.07) is 7.24. The monoisotopic (exact) mass is 291 g/mol. The highest BCUT2D eigenvalue weighted by Crippen LogP contribution is 2.24. The fourth-order valence-electron chi connectivity index (χ4n) is 2.35. The van der Waals surface area contributed by atoms with Crippen molar-refractivity contribution < 1.29 is 13.5 Å². The number of hydrogen-bond acceptors (Lipinski definition) is 3. The van der Waals surface area contributed by atoms with Crippen molar-refractivity contribution in [1.29, 1.82) is 0 Å². The number of furan rings is 1. The third-order valence-corrected chi connectivity index (χ3v) is 3.45. The van der Waals surface area contributed by atoms with Crippen LogP contribution in [-0.4, -0.2) is 13.7 Å². The summed E-state index contributed by atoms with van der Waals surface area (Å²) >= 11 is 0. The van der Waals surface area contributed by atoms with Gasteiger partial charge in [-0.05, 0) is 50.1 Å². The molecule has 0 aliphatic carbocycles. The van der Waals surface area contributed by atoms with Crippen LogP contribution in [0.5, 0.6) is 5.75 Å². The second-order valence-electron chi connectivity index (χ2n) is 5.17. The summed E-state index contributed by atoms with van der Waals surface area (Å²) in [6.07, 6.45) is 3.52. The third kappa shape index (κ3) is 4.08. The summed E-state index contributed by atoms with van der Waals surface area (Å²) < 4.78 is 24.1. The van der Waals surface area contributed by atoms with Crippen LogP contribution >= 0.6 is 0 Å². The molecule has 2 aromatic rings. The van der Waals surface area contributed by atoms with Crippen molar-refractivity contribution in [2.24, 2.45) is 0 Å². The van der Waals surface area contributed by atoms with Crippen molar-refractivity contribution in [2.75, 3.05) is 13.7 Å². The van der Waals surface area contributed by atoms with E-state index >= 15 is 0 Å². The lowest BCUT2D eigenvalue weighted by molar-refractivity contribution is 0.386. The normalized spacial score (nSPS) is 12.4. The molecule has 0 aliphatic rings. The van der Waals surface area contributed by atoms with Gasteiger partial charge in [0.05, 0.1) is 13.4 Å². The molecule has 0 radical (unpaired) electrons. The average Bonchev–Trinajstić information content (AvgIpc) is 2.90. The zero-order valence-corrected chi connectivity index (χ0v) is 12.8. The minimum Gasteiger partial charge on any atom is -0.494 e. The lowest BCUT2D eigenvalue weighted by atomic mass is 10.0. The van der Waals surface area contributed by atoms with Gasteiger partial charge >= 0.3 is 0 Å². The smallest absolute Gasteiger partial charge is 0.165 e. The van der Waals surface area contributed by atoms with Crippen molar-refractivity contribution in [3.8, 4) is 5.75 Å². The van der Waals surface area contributed by atoms with E-state index in [0.717, 1.165) is 29.9 Å². The number of ether oxygens (including phenoxy) is 1. The second-order valence-corrected chi connectivity index (χ2v) is 5.17. The Morgan fingerprint density at radius 3 is 2.71 bits per heavy atom. The number of halogens is 1. The summed E-state index contributed by atoms with van der Waals surface area (Å²) in [5, 5.41) is 3.48. The molecule has 1 aromatic carbocycles. The van der Waals surface area contributed by atoms with Gasteiger partial charge in [-0.15, -0.1) is 0 Å². The Balaban J connectivity index is 2.16. The fourth-order valence-corrected chi connectivity index (χ4v) is 2.35. The van der Waals surface area contributed by atoms with E-state index in [2.05, 4.69) is 12.2 Å². The largest absolute Gasteiger partial charge is 0.494 e. The first kappa shape index (κ1) is 15.6. The number of rotatable bonds is 7. The average molecular weight is 291 g/mol. The van der Waals surface area contributed by atoms with Crippen LogP contribution in [0.1, 0.15) is 36.3 Å². The van der Waals surface area contributed by atoms with Crippen LogP contribution in [0.25, 0.3) is 0 Å². The molecule has 1 atom stereocenters. The SMILES string of the molecule is CCCNC(Cc1ccc(OC)c(F)c1)c1coc(C)c1. The Morgan fingerprint density at radius 1 is 1.33 bits per heavy atom. The van der Waals surface area contributed by atoms with Crippen LogP contribution in [0.3, 0.4) is 0 Å². The van der Waals surface area contributed by atoms with Gasteiger partial charge in [-0.3, -0.25) is 0 Å². The van der Waals surface area contributed by atoms with E-state index in [9.17, 15) is 4.39 Å². The van der Waals surface area contributed by atoms with Gasteiger partial charge in [0.1, 0.15) is 5.76 Å². The Labute approximate surface area is 125 Å². The van der Waals surface area contributed by atoms with Crippen LogP contribution in [-0.2, 0) is 6.42 Å². The van der Waals surface area contributed by atoms with E-state index in [-0.39, 0.29) is 17.6 Å². The molecule has 4 heteroatoms. The summed E-state index contributed by atoms with van der Waals surface area (Å²) in [6.45, 7) is 4.96. The van der Waals surface area contributed by atoms with Crippen molar-refractivity contribution in [1.82, 2.24) is 5.32 Å². The molecule has 3 nitrogen and oxygen atoms in total. The fraction of sp³-hybridized carbons (Fsp3) is 0.412. The molecule has 0 spiro atoms. The highest BCUT2D eigenvalue weighted by molar-refractivity contribution is 5.31. The molecule has 0 saturated carbocycles. The number of methoxy groups -OCH3 is 1. The van der Waals surface area contributed by atoms with E-state index in [1.54, 1.807) is 12.3 Å². The summed E-state index contributed by atoms with van der Waals surface area (Å²) in [4.78, 5) is 0. The molecule has 21 heavy (non-hydrogen) atoms. The lowest BCUT2D eigenvalue weighted by Crippen LogP contribution is -2.23. The van der Waals surface area contributed by atoms with E-state index < -0.39 is 0 Å². The van der Waals surface area contributed by atoms with Crippen molar-refractivity contribution in [2.45, 2.75) is 32.7 Å². The summed E-state index contributed by atoms with van der Waals surface area (Å²) in [7, 11) is 1.47. The van der Waals surface area contributed by atoms with Gasteiger partial charge in [-0.1, -0.05) is 13.0 Å². The highest BCUT2D eigenvalue weighted by atomic mass is 19.1. The standard InChI is InChI=1S/C17H22FNO2/c1-4-7-19-16(14-8-12(2)21-11-14)10-13-5-6-17(20-3)15(18)9-13/h5-6,8-9,11,16,19H,4,7,10H2,1-3H3. The van der Waals surface area contributed by atoms with E-state index in [1.165, 1.54) is 13.2 Å². The maximum Gasteiger partial charge on any atom is 0.165 e. The lowest BCUT2D eigenvalue weighted by Gasteiger charge is -2.17. The molecular formula is C17H22FNO2. The molecular weight excluding hydrogens is 269 g/mol. The second kappa shape index (κ2) is 7.27. The topological polar surface area (TPSA) is 34.4 Å². The summed E-state index contributed by atoms with van der Waals surface area (Å²) in [5.74, 6) is 0.831. The van der Waals surface area contributed by atoms with Gasteiger partial charge in [0.25, 0.3) is 0 Å². The molecule has 0 saturated heterocycles. The molecule has 0 aliphatic heterocycles. The summed E-state index contributed by atoms with van der Waals surface area (Å²) in [5.41, 5.74) is 2.03. The number of nitrogens with one attached hydrogen (secondary N) is 1. The zero-order valence-electron chi connectivity index (χ0n) is 12.8. The van der Waals surface area contributed by atoms with E-state index in [4.69, 9.17) is 9.15 Å². The molecule has 1 unspecified atom stereocenters. The molecule has 0 bridgehead atoms. The van der Waals surface area contributed by atoms with Crippen molar-refractivity contribution in [3.63, 3.8) is 0 Å². The minimum absolute atomic E-state index is 0.121. The van der Waals surface area contributed by atoms with Gasteiger partial charge in [0.15, 0.2) is 11.6 Å². The van der Waals surface area contributed by atoms with Crippen LogP contribution < -0.4 is 10.1 Å². The van der Waals surface area contributed by atoms with E-state index in [0.29, 0.717) is 6.42 Å². The third-order valence-electron chi connectivity index (χ3n) is 3.45. The molecule has 1 N–H and O–H groups in total. The molecule has 0 amide bonds. The maximum atomic E-state index is 13.8. The number of benzene rings is 1. The van der Waals surface area contributed by atoms with Gasteiger partial charge in [0, 0.05) is 11.6 Å². The van der Waals surface area contributed by atoms with Crippen molar-refractivity contribution in [3.05, 3.63) is 53.2 Å². The Morgan fingerprint density at radius 2 is 2.14 bits per heavy atom. The quantitative estimate of drug-likeness (QED) is 0.836. The first-order chi connectivity index (χ1) is 10.1. The van der Waals surface area contributed by atoms with E-state index in [1.807, 2.05) is 19.1 Å². The van der Waals surface area contributed by atoms with Crippen LogP contribution in [0.4, 0.5) is 4.39 Å². The molecule has 1 heterocycles. The minimum atomic E-state index is -0.326. The van der Waals surface area contributed by atoms with Crippen LogP contribution in [0, 0.1) is 12.7 Å². The predicted octanol–water partition coefficient (Wildman–Crippen LogP) is 4.02. The zero-order chi connectivity index (χ0) is 15.2. The van der Waals surface area contributed by atoms with Gasteiger partial charge < -0.3 is 14.5 Å². The molecule has 114 valence electrons. The number of aryl methyl sites for hydroxylation is 1. The molecule has 1 aromatic heterocycles.